The van der Waals surface area contributed by atoms with E-state index >= 15 is 0 Å². The van der Waals surface area contributed by atoms with E-state index in [4.69, 9.17) is 0 Å². The summed E-state index contributed by atoms with van der Waals surface area (Å²) in [6.07, 6.45) is 3.86. The Bertz CT molecular complexity index is 1800. The Labute approximate surface area is 281 Å². The summed E-state index contributed by atoms with van der Waals surface area (Å²) in [5.41, 5.74) is -0.133. The molecule has 3 aromatic heterocycles. The third-order valence-corrected chi connectivity index (χ3v) is 9.48. The summed E-state index contributed by atoms with van der Waals surface area (Å²) in [6.45, 7) is 1.52. The molecule has 0 bridgehead atoms. The number of anilines is 3. The second kappa shape index (κ2) is 13.7. The summed E-state index contributed by atoms with van der Waals surface area (Å²) < 4.78 is 42.8. The first-order chi connectivity index (χ1) is 23.5. The first kappa shape index (κ1) is 33.7. The van der Waals surface area contributed by atoms with E-state index in [0.29, 0.717) is 38.0 Å². The van der Waals surface area contributed by atoms with Crippen molar-refractivity contribution in [2.45, 2.75) is 75.5 Å². The number of pyridine rings is 1. The van der Waals surface area contributed by atoms with Crippen molar-refractivity contribution in [1.82, 2.24) is 30.0 Å². The number of halogens is 3. The van der Waals surface area contributed by atoms with E-state index in [2.05, 4.69) is 30.7 Å². The van der Waals surface area contributed by atoms with Crippen LogP contribution in [-0.4, -0.2) is 72.3 Å². The van der Waals surface area contributed by atoms with E-state index in [1.165, 1.54) is 18.0 Å². The molecule has 1 aliphatic heterocycles. The minimum Gasteiger partial charge on any atom is -0.379 e. The molecule has 1 aliphatic carbocycles. The summed E-state index contributed by atoms with van der Waals surface area (Å²) in [6, 6.07) is 13.5. The zero-order valence-electron chi connectivity index (χ0n) is 27.1. The number of carbonyl (C=O) groups excluding carboxylic acids is 1. The normalized spacial score (nSPS) is 22.4. The summed E-state index contributed by atoms with van der Waals surface area (Å²) >= 11 is 0. The van der Waals surface area contributed by atoms with Gasteiger partial charge < -0.3 is 20.6 Å². The van der Waals surface area contributed by atoms with E-state index < -0.39 is 24.2 Å². The van der Waals surface area contributed by atoms with Gasteiger partial charge in [0, 0.05) is 62.2 Å². The second-order valence-corrected chi connectivity index (χ2v) is 12.6. The number of carbonyl (C=O) groups is 1. The number of hydrogen-bond acceptors (Lipinski definition) is 9. The maximum absolute atomic E-state index is 13.7. The number of nitriles is 1. The molecular weight excluding hydrogens is 637 g/mol. The van der Waals surface area contributed by atoms with Crippen LogP contribution in [0.1, 0.15) is 50.2 Å². The van der Waals surface area contributed by atoms with Gasteiger partial charge in [0.05, 0.1) is 18.4 Å². The molecule has 0 unspecified atom stereocenters. The molecular formula is C34H37F3N10O2. The van der Waals surface area contributed by atoms with Gasteiger partial charge >= 0.3 is 12.2 Å². The van der Waals surface area contributed by atoms with Gasteiger partial charge in [-0.1, -0.05) is 30.3 Å². The number of aliphatic hydroxyl groups is 1. The van der Waals surface area contributed by atoms with Gasteiger partial charge in [-0.3, -0.25) is 9.58 Å². The first-order valence-electron chi connectivity index (χ1n) is 16.1. The van der Waals surface area contributed by atoms with Gasteiger partial charge in [0.15, 0.2) is 11.4 Å². The van der Waals surface area contributed by atoms with Gasteiger partial charge in [0.1, 0.15) is 17.5 Å². The zero-order valence-corrected chi connectivity index (χ0v) is 27.1. The van der Waals surface area contributed by atoms with Gasteiger partial charge in [0.2, 0.25) is 5.95 Å². The molecule has 4 aromatic rings. The van der Waals surface area contributed by atoms with Gasteiger partial charge in [-0.05, 0) is 50.3 Å². The third kappa shape index (κ3) is 7.00. The number of aromatic nitrogens is 5. The topological polar surface area (TPSA) is 148 Å². The fraction of sp³-hybridized carbons (Fsp3) is 0.412. The quantitative estimate of drug-likeness (QED) is 0.230. The van der Waals surface area contributed by atoms with Crippen molar-refractivity contribution in [2.24, 2.45) is 7.05 Å². The Hall–Kier alpha value is -5.23. The molecule has 3 N–H and O–H groups in total. The molecule has 49 heavy (non-hydrogen) atoms. The lowest BCUT2D eigenvalue weighted by atomic mass is 9.90. The Kier molecular flexibility index (Phi) is 9.42. The van der Waals surface area contributed by atoms with Crippen LogP contribution in [0.2, 0.25) is 0 Å². The van der Waals surface area contributed by atoms with E-state index in [1.807, 2.05) is 61.8 Å². The average Bonchev–Trinajstić information content (AvgIpc) is 3.68. The molecule has 15 heteroatoms. The summed E-state index contributed by atoms with van der Waals surface area (Å²) in [4.78, 5) is 30.1. The molecule has 2 fully saturated rings. The van der Waals surface area contributed by atoms with Crippen molar-refractivity contribution >= 4 is 23.6 Å². The molecule has 2 aliphatic rings. The molecule has 0 spiro atoms. The zero-order chi connectivity index (χ0) is 34.8. The lowest BCUT2D eigenvalue weighted by Gasteiger charge is -2.36. The fourth-order valence-electron chi connectivity index (χ4n) is 6.61. The lowest BCUT2D eigenvalue weighted by molar-refractivity contribution is -0.260. The number of benzene rings is 1. The minimum absolute atomic E-state index is 0.0201. The van der Waals surface area contributed by atoms with Crippen molar-refractivity contribution in [3.63, 3.8) is 0 Å². The first-order valence-corrected chi connectivity index (χ1v) is 16.1. The number of alkyl halides is 3. The van der Waals surface area contributed by atoms with Crippen LogP contribution in [0.5, 0.6) is 0 Å². The Morgan fingerprint density at radius 3 is 2.45 bits per heavy atom. The fourth-order valence-corrected chi connectivity index (χ4v) is 6.61. The number of rotatable bonds is 8. The Morgan fingerprint density at radius 1 is 1.08 bits per heavy atom. The molecule has 2 atom stereocenters. The van der Waals surface area contributed by atoms with Crippen LogP contribution < -0.4 is 20.4 Å². The maximum atomic E-state index is 13.7. The number of urea groups is 1. The van der Waals surface area contributed by atoms with Crippen LogP contribution in [0.15, 0.2) is 67.3 Å². The predicted molar refractivity (Wildman–Crippen MR) is 176 cm³/mol. The van der Waals surface area contributed by atoms with Crippen molar-refractivity contribution in [1.29, 1.82) is 5.26 Å². The summed E-state index contributed by atoms with van der Waals surface area (Å²) in [5.74, 6) is 0.744. The maximum Gasteiger partial charge on any atom is 0.419 e. The average molecular weight is 675 g/mol. The Morgan fingerprint density at radius 2 is 1.84 bits per heavy atom. The van der Waals surface area contributed by atoms with E-state index in [1.54, 1.807) is 22.0 Å². The minimum atomic E-state index is -4.83. The number of nitrogens with zero attached hydrogens (tertiary/aromatic N) is 8. The van der Waals surface area contributed by atoms with Crippen LogP contribution in [-0.2, 0) is 13.6 Å². The van der Waals surface area contributed by atoms with Crippen molar-refractivity contribution < 1.29 is 23.1 Å². The molecule has 256 valence electrons. The number of aryl methyl sites for hydroxylation is 1. The highest BCUT2D eigenvalue weighted by Crippen LogP contribution is 2.44. The van der Waals surface area contributed by atoms with Crippen LogP contribution in [0.3, 0.4) is 0 Å². The van der Waals surface area contributed by atoms with Crippen molar-refractivity contribution in [3.05, 3.63) is 78.4 Å². The van der Waals surface area contributed by atoms with Gasteiger partial charge in [0.25, 0.3) is 0 Å². The number of nitrogens with one attached hydrogen (secondary N) is 2. The van der Waals surface area contributed by atoms with E-state index in [0.717, 1.165) is 16.7 Å². The highest BCUT2D eigenvalue weighted by atomic mass is 19.4. The van der Waals surface area contributed by atoms with Crippen molar-refractivity contribution in [3.8, 4) is 17.2 Å². The van der Waals surface area contributed by atoms with Crippen LogP contribution in [0, 0.1) is 11.3 Å². The highest BCUT2D eigenvalue weighted by Gasteiger charge is 2.62. The van der Waals surface area contributed by atoms with Gasteiger partial charge in [-0.2, -0.15) is 28.5 Å². The van der Waals surface area contributed by atoms with Crippen molar-refractivity contribution in [2.75, 3.05) is 21.7 Å². The smallest absolute Gasteiger partial charge is 0.379 e. The van der Waals surface area contributed by atoms with Crippen LogP contribution in [0.4, 0.5) is 35.5 Å². The molecule has 0 radical (unpaired) electrons. The molecule has 4 heterocycles. The summed E-state index contributed by atoms with van der Waals surface area (Å²) in [7, 11) is 1.84. The van der Waals surface area contributed by atoms with Gasteiger partial charge in [-0.25, -0.2) is 14.8 Å². The van der Waals surface area contributed by atoms with E-state index in [9.17, 15) is 28.3 Å². The third-order valence-electron chi connectivity index (χ3n) is 9.48. The highest BCUT2D eigenvalue weighted by molar-refractivity contribution is 5.91. The molecule has 1 aromatic carbocycles. The largest absolute Gasteiger partial charge is 0.419 e. The SMILES string of the molecule is C[C@@H]1N(c2nc(NC3CCC(N(C(=O)NCc4ccccc4)c4ccc(-c5cnn(C)c5)cn4)CC3)ncc2C#N)CC[C@@]1(O)C(F)(F)F. The molecule has 2 amide bonds. The number of amides is 2. The second-order valence-electron chi connectivity index (χ2n) is 12.6. The monoisotopic (exact) mass is 674 g/mol. The predicted octanol–water partition coefficient (Wildman–Crippen LogP) is 5.18. The molecule has 1 saturated carbocycles. The Balaban J connectivity index is 1.16. The molecule has 12 nitrogen and oxygen atoms in total. The lowest BCUT2D eigenvalue weighted by Crippen LogP contribution is -2.53. The van der Waals surface area contributed by atoms with Crippen LogP contribution >= 0.6 is 0 Å². The molecule has 6 rings (SSSR count). The molecule has 1 saturated heterocycles. The van der Waals surface area contributed by atoms with E-state index in [-0.39, 0.29) is 42.0 Å². The van der Waals surface area contributed by atoms with Gasteiger partial charge in [-0.15, -0.1) is 0 Å². The summed E-state index contributed by atoms with van der Waals surface area (Å²) in [5, 5.41) is 30.6. The standard InChI is InChI=1S/C34H37F3N10O2/c1-22-33(49,34(35,36)37)14-15-46(22)30-25(16-38)19-40-31(44-30)43-27-9-11-28(12-10-27)47(32(48)41-17-23-6-4-3-5-7-23)29-13-8-24(18-39-29)26-20-42-45(2)21-26/h3-8,13,18-22,27-28,49H,9-12,14-15,17H2,1-2H3,(H,41,48)(H,40,43,44)/t22-,27?,28?,33-/m0/s1. The number of hydrogen-bond donors (Lipinski definition) is 3. The van der Waals surface area contributed by atoms with Crippen LogP contribution in [0.25, 0.3) is 11.1 Å².